The number of ether oxygens (including phenoxy) is 1. The smallest absolute Gasteiger partial charge is 0.125 e. The molecule has 0 amide bonds. The minimum absolute atomic E-state index is 0. The maximum absolute atomic E-state index is 9.78. The predicted octanol–water partition coefficient (Wildman–Crippen LogP) is 7.77. The van der Waals surface area contributed by atoms with E-state index in [1.807, 2.05) is 77.8 Å². The predicted molar refractivity (Wildman–Crippen MR) is 151 cm³/mol. The van der Waals surface area contributed by atoms with Crippen molar-refractivity contribution in [3.05, 3.63) is 118 Å². The molecule has 5 nitrogen and oxygen atoms in total. The Kier molecular flexibility index (Phi) is 8.42. The molecule has 5 aromatic rings. The molecule has 1 unspecified atom stereocenters. The standard InChI is InChI=1S/C29H23ClN4OS.ClH/c1-19-5-3-4-6-25(19)26-13-21(7-8-22(26)14-31)28(27-15-32-18-34(27)2)35-16-24-17-36-29(33-24)20-9-11-23(30)12-10-20;/h3-13,15,17-18,28H,16H2,1-2H3;1H. The molecule has 0 radical (unpaired) electrons. The zero-order chi connectivity index (χ0) is 25.1. The SMILES string of the molecule is Cc1ccccc1-c1cc(C(OCc2csc(-c3ccc(Cl)cc3)n2)c2cncn2C)ccc1C#N.Cl. The summed E-state index contributed by atoms with van der Waals surface area (Å²) in [5.41, 5.74) is 7.41. The number of aryl methyl sites for hydroxylation is 2. The summed E-state index contributed by atoms with van der Waals surface area (Å²) in [6.07, 6.45) is 3.20. The molecule has 0 aliphatic rings. The van der Waals surface area contributed by atoms with Gasteiger partial charge in [-0.15, -0.1) is 23.7 Å². The van der Waals surface area contributed by atoms with Gasteiger partial charge < -0.3 is 9.30 Å². The first kappa shape index (κ1) is 26.6. The largest absolute Gasteiger partial charge is 0.361 e. The molecule has 0 saturated heterocycles. The van der Waals surface area contributed by atoms with Gasteiger partial charge in [0.2, 0.25) is 0 Å². The van der Waals surface area contributed by atoms with Crippen LogP contribution in [0.4, 0.5) is 0 Å². The highest BCUT2D eigenvalue weighted by molar-refractivity contribution is 7.13. The molecular formula is C29H24Cl2N4OS. The van der Waals surface area contributed by atoms with Gasteiger partial charge in [0.25, 0.3) is 0 Å². The summed E-state index contributed by atoms with van der Waals surface area (Å²) in [4.78, 5) is 9.08. The van der Waals surface area contributed by atoms with Crippen LogP contribution >= 0.6 is 35.3 Å². The van der Waals surface area contributed by atoms with Crippen LogP contribution in [0.1, 0.15) is 34.2 Å². The van der Waals surface area contributed by atoms with E-state index >= 15 is 0 Å². The second-order valence-electron chi connectivity index (χ2n) is 8.50. The number of nitrogens with zero attached hydrogens (tertiary/aromatic N) is 4. The average Bonchev–Trinajstić information content (AvgIpc) is 3.54. The summed E-state index contributed by atoms with van der Waals surface area (Å²) in [5, 5.41) is 13.4. The topological polar surface area (TPSA) is 63.7 Å². The van der Waals surface area contributed by atoms with Gasteiger partial charge in [-0.25, -0.2) is 9.97 Å². The number of aromatic nitrogens is 3. The highest BCUT2D eigenvalue weighted by Crippen LogP contribution is 2.34. The minimum Gasteiger partial charge on any atom is -0.361 e. The summed E-state index contributed by atoms with van der Waals surface area (Å²) in [6, 6.07) is 24.0. The highest BCUT2D eigenvalue weighted by atomic mass is 35.5. The summed E-state index contributed by atoms with van der Waals surface area (Å²) in [6.45, 7) is 2.39. The third-order valence-electron chi connectivity index (χ3n) is 6.07. The van der Waals surface area contributed by atoms with Gasteiger partial charge in [-0.05, 0) is 47.9 Å². The third kappa shape index (κ3) is 5.76. The zero-order valence-corrected chi connectivity index (χ0v) is 22.6. The van der Waals surface area contributed by atoms with Crippen molar-refractivity contribution < 1.29 is 4.74 Å². The first-order valence-corrected chi connectivity index (χ1v) is 12.7. The van der Waals surface area contributed by atoms with Crippen molar-refractivity contribution in [1.82, 2.24) is 14.5 Å². The van der Waals surface area contributed by atoms with E-state index in [-0.39, 0.29) is 18.5 Å². The van der Waals surface area contributed by atoms with Crippen LogP contribution in [-0.2, 0) is 18.4 Å². The molecule has 0 saturated carbocycles. The van der Waals surface area contributed by atoms with Crippen LogP contribution in [0.15, 0.2) is 84.6 Å². The van der Waals surface area contributed by atoms with E-state index < -0.39 is 0 Å². The van der Waals surface area contributed by atoms with Gasteiger partial charge in [0.15, 0.2) is 0 Å². The molecule has 37 heavy (non-hydrogen) atoms. The number of benzene rings is 3. The van der Waals surface area contributed by atoms with Crippen LogP contribution in [-0.4, -0.2) is 14.5 Å². The molecule has 0 spiro atoms. The normalized spacial score (nSPS) is 11.5. The molecule has 2 aromatic heterocycles. The first-order valence-electron chi connectivity index (χ1n) is 11.4. The monoisotopic (exact) mass is 546 g/mol. The van der Waals surface area contributed by atoms with Gasteiger partial charge in [-0.3, -0.25) is 0 Å². The van der Waals surface area contributed by atoms with Crippen molar-refractivity contribution >= 4 is 35.3 Å². The van der Waals surface area contributed by atoms with Crippen LogP contribution in [0, 0.1) is 18.3 Å². The highest BCUT2D eigenvalue weighted by Gasteiger charge is 2.21. The van der Waals surface area contributed by atoms with Gasteiger partial charge in [-0.1, -0.05) is 54.1 Å². The van der Waals surface area contributed by atoms with Crippen molar-refractivity contribution in [2.24, 2.45) is 7.05 Å². The minimum atomic E-state index is -0.381. The molecule has 0 aliphatic heterocycles. The Balaban J connectivity index is 0.00000320. The van der Waals surface area contributed by atoms with Crippen LogP contribution in [0.3, 0.4) is 0 Å². The van der Waals surface area contributed by atoms with Crippen LogP contribution in [0.5, 0.6) is 0 Å². The molecule has 186 valence electrons. The lowest BCUT2D eigenvalue weighted by molar-refractivity contribution is 0.0604. The molecule has 0 N–H and O–H groups in total. The molecule has 8 heteroatoms. The summed E-state index contributed by atoms with van der Waals surface area (Å²) >= 11 is 7.60. The Bertz CT molecular complexity index is 1550. The van der Waals surface area contributed by atoms with E-state index in [4.69, 9.17) is 21.3 Å². The van der Waals surface area contributed by atoms with Crippen LogP contribution in [0.25, 0.3) is 21.7 Å². The Labute approximate surface area is 231 Å². The quantitative estimate of drug-likeness (QED) is 0.209. The Hall–Kier alpha value is -3.47. The van der Waals surface area contributed by atoms with E-state index in [2.05, 4.69) is 30.1 Å². The molecule has 0 aliphatic carbocycles. The number of rotatable bonds is 7. The molecule has 3 aromatic carbocycles. The van der Waals surface area contributed by atoms with E-state index in [9.17, 15) is 5.26 Å². The van der Waals surface area contributed by atoms with E-state index in [0.29, 0.717) is 17.2 Å². The Morgan fingerprint density at radius 3 is 2.57 bits per heavy atom. The van der Waals surface area contributed by atoms with Crippen LogP contribution in [0.2, 0.25) is 5.02 Å². The van der Waals surface area contributed by atoms with E-state index in [1.54, 1.807) is 17.7 Å². The summed E-state index contributed by atoms with van der Waals surface area (Å²) < 4.78 is 8.44. The van der Waals surface area contributed by atoms with Crippen molar-refractivity contribution in [3.8, 4) is 27.8 Å². The second kappa shape index (κ2) is 11.7. The molecule has 0 fully saturated rings. The number of nitriles is 1. The number of imidazole rings is 1. The van der Waals surface area contributed by atoms with Gasteiger partial charge in [0.05, 0.1) is 42.2 Å². The first-order chi connectivity index (χ1) is 17.5. The number of halogens is 2. The zero-order valence-electron chi connectivity index (χ0n) is 20.3. The number of hydrogen-bond acceptors (Lipinski definition) is 5. The molecule has 1 atom stereocenters. The fraction of sp³-hybridized carbons (Fsp3) is 0.138. The van der Waals surface area contributed by atoms with E-state index in [0.717, 1.165) is 44.2 Å². The fourth-order valence-corrected chi connectivity index (χ4v) is 5.10. The lowest BCUT2D eigenvalue weighted by Crippen LogP contribution is -2.11. The number of hydrogen-bond donors (Lipinski definition) is 0. The second-order valence-corrected chi connectivity index (χ2v) is 9.80. The molecule has 5 rings (SSSR count). The van der Waals surface area contributed by atoms with Crippen molar-refractivity contribution in [1.29, 1.82) is 5.26 Å². The Morgan fingerprint density at radius 2 is 1.86 bits per heavy atom. The van der Waals surface area contributed by atoms with Crippen molar-refractivity contribution in [2.45, 2.75) is 19.6 Å². The summed E-state index contributed by atoms with van der Waals surface area (Å²) in [5.74, 6) is 0. The fourth-order valence-electron chi connectivity index (χ4n) is 4.16. The van der Waals surface area contributed by atoms with E-state index in [1.165, 1.54) is 0 Å². The Morgan fingerprint density at radius 1 is 1.08 bits per heavy atom. The van der Waals surface area contributed by atoms with Gasteiger partial charge >= 0.3 is 0 Å². The maximum Gasteiger partial charge on any atom is 0.125 e. The molecular weight excluding hydrogens is 523 g/mol. The van der Waals surface area contributed by atoms with Gasteiger partial charge in [0, 0.05) is 28.6 Å². The lowest BCUT2D eigenvalue weighted by Gasteiger charge is -2.20. The van der Waals surface area contributed by atoms with Crippen molar-refractivity contribution in [2.75, 3.05) is 0 Å². The van der Waals surface area contributed by atoms with Gasteiger partial charge in [0.1, 0.15) is 11.1 Å². The lowest BCUT2D eigenvalue weighted by atomic mass is 9.93. The van der Waals surface area contributed by atoms with Crippen molar-refractivity contribution in [3.63, 3.8) is 0 Å². The average molecular weight is 548 g/mol. The summed E-state index contributed by atoms with van der Waals surface area (Å²) in [7, 11) is 1.95. The third-order valence-corrected chi connectivity index (χ3v) is 7.26. The molecule has 2 heterocycles. The molecule has 0 bridgehead atoms. The van der Waals surface area contributed by atoms with Gasteiger partial charge in [-0.2, -0.15) is 5.26 Å². The van der Waals surface area contributed by atoms with Crippen LogP contribution < -0.4 is 0 Å². The maximum atomic E-state index is 9.78. The number of thiazole rings is 1.